The molecule has 1 saturated carbocycles. The average molecular weight is 172 g/mol. The maximum Gasteiger partial charge on any atom is 0.167 e. The SMILES string of the molecule is O=C1C=CC(=O)[C@]23C=CC=C[C@]12C3. The lowest BCUT2D eigenvalue weighted by Gasteiger charge is -2.21. The minimum atomic E-state index is -0.492. The molecule has 0 heterocycles. The van der Waals surface area contributed by atoms with Crippen LogP contribution in [0, 0.1) is 10.8 Å². The molecule has 0 aromatic rings. The fraction of sp³-hybridized carbons (Fsp3) is 0.273. The van der Waals surface area contributed by atoms with Gasteiger partial charge in [0.15, 0.2) is 11.6 Å². The molecule has 0 aromatic carbocycles. The fourth-order valence-corrected chi connectivity index (χ4v) is 2.48. The summed E-state index contributed by atoms with van der Waals surface area (Å²) in [7, 11) is 0. The predicted octanol–water partition coefficient (Wildman–Crippen LogP) is 1.20. The first-order chi connectivity index (χ1) is 6.21. The Labute approximate surface area is 75.6 Å². The van der Waals surface area contributed by atoms with Crippen molar-refractivity contribution in [2.24, 2.45) is 10.8 Å². The van der Waals surface area contributed by atoms with Crippen LogP contribution >= 0.6 is 0 Å². The van der Waals surface area contributed by atoms with Gasteiger partial charge in [-0.2, -0.15) is 0 Å². The summed E-state index contributed by atoms with van der Waals surface area (Å²) in [6, 6.07) is 0. The van der Waals surface area contributed by atoms with E-state index in [0.717, 1.165) is 0 Å². The van der Waals surface area contributed by atoms with Gasteiger partial charge in [0.1, 0.15) is 0 Å². The van der Waals surface area contributed by atoms with Gasteiger partial charge in [0, 0.05) is 0 Å². The number of hydrogen-bond acceptors (Lipinski definition) is 2. The van der Waals surface area contributed by atoms with Crippen LogP contribution in [-0.2, 0) is 9.59 Å². The van der Waals surface area contributed by atoms with Crippen LogP contribution in [-0.4, -0.2) is 11.6 Å². The van der Waals surface area contributed by atoms with Crippen molar-refractivity contribution in [3.63, 3.8) is 0 Å². The quantitative estimate of drug-likeness (QED) is 0.550. The first kappa shape index (κ1) is 7.01. The number of hydrogen-bond donors (Lipinski definition) is 0. The molecular formula is C11H8O2. The second-order valence-electron chi connectivity index (χ2n) is 3.90. The lowest BCUT2D eigenvalue weighted by atomic mass is 9.79. The standard InChI is InChI=1S/C11H8O2/c12-8-3-4-9(13)11-6-2-1-5-10(8,11)7-11/h1-6H,7H2/t10-,11+. The van der Waals surface area contributed by atoms with Crippen molar-refractivity contribution in [3.05, 3.63) is 36.5 Å². The van der Waals surface area contributed by atoms with Crippen LogP contribution in [0.25, 0.3) is 0 Å². The maximum absolute atomic E-state index is 11.6. The molecule has 0 saturated heterocycles. The molecule has 3 aliphatic rings. The Morgan fingerprint density at radius 1 is 0.923 bits per heavy atom. The topological polar surface area (TPSA) is 34.1 Å². The van der Waals surface area contributed by atoms with Crippen molar-refractivity contribution < 1.29 is 9.59 Å². The molecule has 0 radical (unpaired) electrons. The summed E-state index contributed by atoms with van der Waals surface area (Å²) in [5.41, 5.74) is -0.985. The van der Waals surface area contributed by atoms with Gasteiger partial charge >= 0.3 is 0 Å². The molecule has 3 rings (SSSR count). The van der Waals surface area contributed by atoms with E-state index < -0.39 is 10.8 Å². The van der Waals surface area contributed by atoms with Crippen LogP contribution in [0.4, 0.5) is 0 Å². The summed E-state index contributed by atoms with van der Waals surface area (Å²) >= 11 is 0. The van der Waals surface area contributed by atoms with Crippen molar-refractivity contribution in [1.29, 1.82) is 0 Å². The first-order valence-electron chi connectivity index (χ1n) is 4.35. The molecule has 0 aromatic heterocycles. The second-order valence-corrected chi connectivity index (χ2v) is 3.90. The normalized spacial score (nSPS) is 44.6. The highest BCUT2D eigenvalue weighted by atomic mass is 16.1. The van der Waals surface area contributed by atoms with Gasteiger partial charge in [0.05, 0.1) is 10.8 Å². The van der Waals surface area contributed by atoms with Crippen molar-refractivity contribution in [1.82, 2.24) is 0 Å². The predicted molar refractivity (Wildman–Crippen MR) is 46.9 cm³/mol. The van der Waals surface area contributed by atoms with Crippen molar-refractivity contribution >= 4 is 11.6 Å². The second kappa shape index (κ2) is 1.74. The molecule has 0 spiro atoms. The summed E-state index contributed by atoms with van der Waals surface area (Å²) in [4.78, 5) is 23.2. The minimum absolute atomic E-state index is 0.0766. The zero-order valence-electron chi connectivity index (χ0n) is 6.99. The summed E-state index contributed by atoms with van der Waals surface area (Å²) in [6.07, 6.45) is 10.9. The van der Waals surface area contributed by atoms with E-state index in [1.54, 1.807) is 0 Å². The van der Waals surface area contributed by atoms with Gasteiger partial charge in [-0.25, -0.2) is 0 Å². The van der Waals surface area contributed by atoms with Crippen molar-refractivity contribution in [2.45, 2.75) is 6.42 Å². The van der Waals surface area contributed by atoms with Gasteiger partial charge in [0.2, 0.25) is 0 Å². The first-order valence-corrected chi connectivity index (χ1v) is 4.35. The smallest absolute Gasteiger partial charge is 0.167 e. The lowest BCUT2D eigenvalue weighted by molar-refractivity contribution is -0.126. The summed E-state index contributed by atoms with van der Waals surface area (Å²) < 4.78 is 0. The zero-order valence-corrected chi connectivity index (χ0v) is 6.99. The largest absolute Gasteiger partial charge is 0.294 e. The lowest BCUT2D eigenvalue weighted by Crippen LogP contribution is -2.30. The highest BCUT2D eigenvalue weighted by Crippen LogP contribution is 2.69. The van der Waals surface area contributed by atoms with Crippen LogP contribution in [0.2, 0.25) is 0 Å². The van der Waals surface area contributed by atoms with Gasteiger partial charge in [0.25, 0.3) is 0 Å². The number of rotatable bonds is 0. The minimum Gasteiger partial charge on any atom is -0.294 e. The van der Waals surface area contributed by atoms with E-state index in [9.17, 15) is 9.59 Å². The van der Waals surface area contributed by atoms with E-state index >= 15 is 0 Å². The molecule has 0 unspecified atom stereocenters. The summed E-state index contributed by atoms with van der Waals surface area (Å²) in [5, 5.41) is 0. The van der Waals surface area contributed by atoms with Crippen LogP contribution in [0.1, 0.15) is 6.42 Å². The number of carbonyl (C=O) groups is 2. The molecule has 0 amide bonds. The Bertz CT molecular complexity index is 376. The zero-order chi connectivity index (χ0) is 9.10. The van der Waals surface area contributed by atoms with E-state index in [-0.39, 0.29) is 11.6 Å². The Balaban J connectivity index is 2.25. The Kier molecular flexibility index (Phi) is 0.938. The highest BCUT2D eigenvalue weighted by molar-refractivity contribution is 6.17. The third kappa shape index (κ3) is 0.548. The van der Waals surface area contributed by atoms with Gasteiger partial charge < -0.3 is 0 Å². The van der Waals surface area contributed by atoms with Gasteiger partial charge in [-0.15, -0.1) is 0 Å². The third-order valence-corrected chi connectivity index (χ3v) is 3.37. The van der Waals surface area contributed by atoms with E-state index in [0.29, 0.717) is 6.42 Å². The molecule has 1 fully saturated rings. The number of allylic oxidation sites excluding steroid dienone is 6. The molecule has 13 heavy (non-hydrogen) atoms. The molecule has 0 aliphatic heterocycles. The molecule has 2 heteroatoms. The Hall–Kier alpha value is -1.44. The van der Waals surface area contributed by atoms with E-state index in [4.69, 9.17) is 0 Å². The number of carbonyl (C=O) groups excluding carboxylic acids is 2. The van der Waals surface area contributed by atoms with Gasteiger partial charge in [-0.3, -0.25) is 9.59 Å². The molecule has 64 valence electrons. The molecule has 0 N–H and O–H groups in total. The van der Waals surface area contributed by atoms with Crippen molar-refractivity contribution in [3.8, 4) is 0 Å². The van der Waals surface area contributed by atoms with E-state index in [2.05, 4.69) is 0 Å². The Morgan fingerprint density at radius 2 is 1.38 bits per heavy atom. The fourth-order valence-electron chi connectivity index (χ4n) is 2.48. The van der Waals surface area contributed by atoms with Crippen LogP contribution in [0.3, 0.4) is 0 Å². The maximum atomic E-state index is 11.6. The van der Waals surface area contributed by atoms with Crippen LogP contribution < -0.4 is 0 Å². The molecule has 3 aliphatic carbocycles. The average Bonchev–Trinajstić information content (AvgIpc) is 2.84. The summed E-state index contributed by atoms with van der Waals surface area (Å²) in [5.74, 6) is 0.153. The monoisotopic (exact) mass is 172 g/mol. The van der Waals surface area contributed by atoms with Gasteiger partial charge in [-0.05, 0) is 18.6 Å². The number of ketones is 2. The van der Waals surface area contributed by atoms with Crippen LogP contribution in [0.5, 0.6) is 0 Å². The van der Waals surface area contributed by atoms with E-state index in [1.165, 1.54) is 12.2 Å². The van der Waals surface area contributed by atoms with E-state index in [1.807, 2.05) is 24.3 Å². The summed E-state index contributed by atoms with van der Waals surface area (Å²) in [6.45, 7) is 0. The molecule has 2 atom stereocenters. The third-order valence-electron chi connectivity index (χ3n) is 3.37. The molecular weight excluding hydrogens is 164 g/mol. The highest BCUT2D eigenvalue weighted by Gasteiger charge is 2.73. The van der Waals surface area contributed by atoms with Crippen molar-refractivity contribution in [2.75, 3.05) is 0 Å². The van der Waals surface area contributed by atoms with Crippen LogP contribution in [0.15, 0.2) is 36.5 Å². The molecule has 0 bridgehead atoms. The Morgan fingerprint density at radius 3 is 1.85 bits per heavy atom. The van der Waals surface area contributed by atoms with Gasteiger partial charge in [-0.1, -0.05) is 24.3 Å². The molecule has 2 nitrogen and oxygen atoms in total.